The van der Waals surface area contributed by atoms with Gasteiger partial charge in [0.15, 0.2) is 11.5 Å². The molecule has 0 saturated carbocycles. The molecule has 3 heterocycles. The summed E-state index contributed by atoms with van der Waals surface area (Å²) >= 11 is 0. The summed E-state index contributed by atoms with van der Waals surface area (Å²) in [6.45, 7) is 4.19. The number of halogens is 1. The van der Waals surface area contributed by atoms with E-state index in [1.165, 1.54) is 17.7 Å². The molecular formula is C22H22FN7O2. The van der Waals surface area contributed by atoms with Crippen LogP contribution in [-0.4, -0.2) is 57.4 Å². The van der Waals surface area contributed by atoms with Crippen molar-refractivity contribution < 1.29 is 13.9 Å². The summed E-state index contributed by atoms with van der Waals surface area (Å²) in [6, 6.07) is 11.5. The highest BCUT2D eigenvalue weighted by Gasteiger charge is 2.17. The maximum absolute atomic E-state index is 13.8. The van der Waals surface area contributed by atoms with Crippen molar-refractivity contribution in [2.75, 3.05) is 36.9 Å². The van der Waals surface area contributed by atoms with Crippen LogP contribution in [0.4, 0.5) is 20.6 Å². The number of anilines is 2. The molecule has 164 valence electrons. The Morgan fingerprint density at radius 1 is 1.12 bits per heavy atom. The molecule has 4 aromatic rings. The maximum atomic E-state index is 13.8. The quantitative estimate of drug-likeness (QED) is 0.383. The summed E-state index contributed by atoms with van der Waals surface area (Å²) in [5.41, 5.74) is 3.82. The summed E-state index contributed by atoms with van der Waals surface area (Å²) in [6.07, 6.45) is 1.55. The van der Waals surface area contributed by atoms with Crippen molar-refractivity contribution in [2.24, 2.45) is 0 Å². The number of benzene rings is 2. The van der Waals surface area contributed by atoms with Crippen LogP contribution in [0.15, 0.2) is 48.7 Å². The predicted octanol–water partition coefficient (Wildman–Crippen LogP) is 3.57. The largest absolute Gasteiger partial charge is 0.379 e. The Balaban J connectivity index is 1.33. The van der Waals surface area contributed by atoms with E-state index >= 15 is 0 Å². The second-order valence-electron chi connectivity index (χ2n) is 7.53. The number of urea groups is 1. The fourth-order valence-electron chi connectivity index (χ4n) is 3.68. The first kappa shape index (κ1) is 20.2. The number of carbonyl (C=O) groups is 1. The molecule has 0 aliphatic carbocycles. The van der Waals surface area contributed by atoms with Crippen LogP contribution in [0, 0.1) is 5.82 Å². The van der Waals surface area contributed by atoms with Crippen molar-refractivity contribution in [3.63, 3.8) is 0 Å². The zero-order valence-corrected chi connectivity index (χ0v) is 17.2. The molecule has 4 N–H and O–H groups in total. The minimum Gasteiger partial charge on any atom is -0.379 e. The van der Waals surface area contributed by atoms with Crippen LogP contribution in [0.25, 0.3) is 22.6 Å². The van der Waals surface area contributed by atoms with Gasteiger partial charge in [-0.3, -0.25) is 10.00 Å². The first-order chi connectivity index (χ1) is 15.7. The number of aromatic amines is 2. The first-order valence-electron chi connectivity index (χ1n) is 10.3. The molecule has 1 saturated heterocycles. The van der Waals surface area contributed by atoms with E-state index in [4.69, 9.17) is 4.74 Å². The molecule has 2 amide bonds. The molecule has 0 unspecified atom stereocenters. The molecule has 2 aromatic heterocycles. The molecule has 0 radical (unpaired) electrons. The van der Waals surface area contributed by atoms with Crippen molar-refractivity contribution in [1.82, 2.24) is 25.1 Å². The number of imidazole rings is 1. The molecule has 0 atom stereocenters. The number of hydrogen-bond acceptors (Lipinski definition) is 5. The van der Waals surface area contributed by atoms with Crippen molar-refractivity contribution in [3.05, 3.63) is 60.0 Å². The molecule has 5 rings (SSSR count). The number of nitrogens with one attached hydrogen (secondary N) is 4. The van der Waals surface area contributed by atoms with Gasteiger partial charge in [-0.25, -0.2) is 14.2 Å². The number of ether oxygens (including phenoxy) is 1. The number of fused-ring (bicyclic) bond motifs is 1. The molecule has 10 heteroatoms. The van der Waals surface area contributed by atoms with E-state index < -0.39 is 11.8 Å². The van der Waals surface area contributed by atoms with Crippen LogP contribution in [0.1, 0.15) is 5.56 Å². The third-order valence-electron chi connectivity index (χ3n) is 5.29. The average Bonchev–Trinajstić information content (AvgIpc) is 3.42. The fourth-order valence-corrected chi connectivity index (χ4v) is 3.68. The molecular weight excluding hydrogens is 413 g/mol. The Labute approximate surface area is 183 Å². The topological polar surface area (TPSA) is 111 Å². The third-order valence-corrected chi connectivity index (χ3v) is 5.29. The van der Waals surface area contributed by atoms with Crippen molar-refractivity contribution >= 4 is 28.4 Å². The van der Waals surface area contributed by atoms with Crippen LogP contribution >= 0.6 is 0 Å². The van der Waals surface area contributed by atoms with Gasteiger partial charge in [-0.1, -0.05) is 18.2 Å². The van der Waals surface area contributed by atoms with Gasteiger partial charge in [0.2, 0.25) is 0 Å². The number of H-pyrrole nitrogens is 2. The highest BCUT2D eigenvalue weighted by molar-refractivity contribution is 6.01. The smallest absolute Gasteiger partial charge is 0.323 e. The summed E-state index contributed by atoms with van der Waals surface area (Å²) in [5.74, 6) is 0.00574. The molecule has 0 bridgehead atoms. The summed E-state index contributed by atoms with van der Waals surface area (Å²) in [7, 11) is 0. The lowest BCUT2D eigenvalue weighted by molar-refractivity contribution is 0.0342. The number of amides is 2. The number of para-hydroxylation sites is 1. The summed E-state index contributed by atoms with van der Waals surface area (Å²) in [5, 5.41) is 12.1. The van der Waals surface area contributed by atoms with Crippen molar-refractivity contribution in [3.8, 4) is 11.5 Å². The van der Waals surface area contributed by atoms with E-state index in [1.807, 2.05) is 6.07 Å². The van der Waals surface area contributed by atoms with Gasteiger partial charge in [0.1, 0.15) is 5.82 Å². The van der Waals surface area contributed by atoms with E-state index in [0.29, 0.717) is 17.2 Å². The van der Waals surface area contributed by atoms with Gasteiger partial charge in [0.25, 0.3) is 0 Å². The fraction of sp³-hybridized carbons (Fsp3) is 0.227. The number of carbonyl (C=O) groups excluding carboxylic acids is 1. The lowest BCUT2D eigenvalue weighted by atomic mass is 10.2. The Morgan fingerprint density at radius 2 is 1.94 bits per heavy atom. The van der Waals surface area contributed by atoms with Gasteiger partial charge in [0.05, 0.1) is 35.6 Å². The van der Waals surface area contributed by atoms with E-state index in [9.17, 15) is 9.18 Å². The zero-order valence-electron chi connectivity index (χ0n) is 17.2. The lowest BCUT2D eigenvalue weighted by Gasteiger charge is -2.26. The number of hydrogen-bond donors (Lipinski definition) is 4. The van der Waals surface area contributed by atoms with Crippen molar-refractivity contribution in [2.45, 2.75) is 6.54 Å². The highest BCUT2D eigenvalue weighted by atomic mass is 19.1. The number of nitrogens with zero attached hydrogens (tertiary/aromatic N) is 3. The van der Waals surface area contributed by atoms with Gasteiger partial charge in [0, 0.05) is 25.8 Å². The van der Waals surface area contributed by atoms with E-state index in [2.05, 4.69) is 47.8 Å². The molecule has 9 nitrogen and oxygen atoms in total. The minimum atomic E-state index is -0.582. The van der Waals surface area contributed by atoms with Gasteiger partial charge in [-0.15, -0.1) is 0 Å². The Hall–Kier alpha value is -3.76. The van der Waals surface area contributed by atoms with Crippen LogP contribution < -0.4 is 10.6 Å². The molecule has 32 heavy (non-hydrogen) atoms. The third kappa shape index (κ3) is 4.32. The highest BCUT2D eigenvalue weighted by Crippen LogP contribution is 2.26. The van der Waals surface area contributed by atoms with E-state index in [0.717, 1.165) is 43.9 Å². The van der Waals surface area contributed by atoms with Crippen LogP contribution in [-0.2, 0) is 11.3 Å². The molecule has 2 aromatic carbocycles. The van der Waals surface area contributed by atoms with Gasteiger partial charge < -0.3 is 20.4 Å². The number of morpholine rings is 1. The maximum Gasteiger partial charge on any atom is 0.323 e. The zero-order chi connectivity index (χ0) is 21.9. The first-order valence-corrected chi connectivity index (χ1v) is 10.3. The molecule has 0 spiro atoms. The Bertz CT molecular complexity index is 1250. The normalized spacial score (nSPS) is 14.5. The van der Waals surface area contributed by atoms with E-state index in [-0.39, 0.29) is 5.69 Å². The van der Waals surface area contributed by atoms with Crippen LogP contribution in [0.3, 0.4) is 0 Å². The number of rotatable bonds is 5. The minimum absolute atomic E-state index is 0.0894. The molecule has 1 aliphatic rings. The average molecular weight is 435 g/mol. The predicted molar refractivity (Wildman–Crippen MR) is 119 cm³/mol. The summed E-state index contributed by atoms with van der Waals surface area (Å²) in [4.78, 5) is 22.6. The second-order valence-corrected chi connectivity index (χ2v) is 7.53. The van der Waals surface area contributed by atoms with Crippen LogP contribution in [0.2, 0.25) is 0 Å². The van der Waals surface area contributed by atoms with Gasteiger partial charge in [-0.2, -0.15) is 5.10 Å². The molecule has 1 aliphatic heterocycles. The Kier molecular flexibility index (Phi) is 5.53. The lowest BCUT2D eigenvalue weighted by Crippen LogP contribution is -2.35. The van der Waals surface area contributed by atoms with Gasteiger partial charge >= 0.3 is 6.03 Å². The molecule has 1 fully saturated rings. The van der Waals surface area contributed by atoms with Crippen molar-refractivity contribution in [1.29, 1.82) is 0 Å². The SMILES string of the molecule is O=C(Nc1ccccc1F)Nc1c[nH]nc1-c1nc2cc(CN3CCOCC3)ccc2[nH]1. The monoisotopic (exact) mass is 435 g/mol. The van der Waals surface area contributed by atoms with E-state index in [1.54, 1.807) is 18.3 Å². The standard InChI is InChI=1S/C22H22FN7O2/c23-15-3-1-2-4-16(15)27-22(31)28-19-12-24-29-20(19)21-25-17-6-5-14(11-18(17)26-21)13-30-7-9-32-10-8-30/h1-6,11-12H,7-10,13H2,(H,24,29)(H,25,26)(H2,27,28,31). The van der Waals surface area contributed by atoms with Crippen LogP contribution in [0.5, 0.6) is 0 Å². The van der Waals surface area contributed by atoms with Gasteiger partial charge in [-0.05, 0) is 29.8 Å². The Morgan fingerprint density at radius 3 is 2.78 bits per heavy atom. The second kappa shape index (κ2) is 8.77. The number of aromatic nitrogens is 4. The summed E-state index contributed by atoms with van der Waals surface area (Å²) < 4.78 is 19.2.